The molecule has 7 heteroatoms. The first-order valence-corrected chi connectivity index (χ1v) is 9.51. The number of anilines is 2. The van der Waals surface area contributed by atoms with Gasteiger partial charge in [-0.2, -0.15) is 0 Å². The lowest BCUT2D eigenvalue weighted by Crippen LogP contribution is -2.34. The molecule has 3 heterocycles. The number of para-hydroxylation sites is 1. The molecule has 0 saturated heterocycles. The van der Waals surface area contributed by atoms with Crippen LogP contribution in [-0.4, -0.2) is 24.1 Å². The third kappa shape index (κ3) is 3.20. The average Bonchev–Trinajstić information content (AvgIpc) is 3.32. The molecule has 126 valence electrons. The molecule has 0 unspecified atom stereocenters. The number of benzene rings is 1. The highest BCUT2D eigenvalue weighted by molar-refractivity contribution is 7.99. The Morgan fingerprint density at radius 2 is 1.96 bits per heavy atom. The molecule has 0 saturated carbocycles. The van der Waals surface area contributed by atoms with Crippen molar-refractivity contribution in [2.45, 2.75) is 4.90 Å². The van der Waals surface area contributed by atoms with E-state index < -0.39 is 0 Å². The average molecular weight is 370 g/mol. The molecule has 0 spiro atoms. The van der Waals surface area contributed by atoms with Crippen LogP contribution in [-0.2, 0) is 0 Å². The van der Waals surface area contributed by atoms with Crippen LogP contribution in [0.2, 0.25) is 0 Å². The molecule has 0 atom stereocenters. The number of nitrogens with one attached hydrogen (secondary N) is 1. The number of hydrogen-bond donors (Lipinski definition) is 1. The van der Waals surface area contributed by atoms with Gasteiger partial charge >= 0.3 is 0 Å². The summed E-state index contributed by atoms with van der Waals surface area (Å²) < 4.78 is 5.07. The lowest BCUT2D eigenvalue weighted by molar-refractivity contribution is 0.0986. The van der Waals surface area contributed by atoms with Gasteiger partial charge in [0.15, 0.2) is 5.76 Å². The summed E-state index contributed by atoms with van der Waals surface area (Å²) >= 11 is 3.02. The molecule has 0 radical (unpaired) electrons. The Morgan fingerprint density at radius 1 is 1.08 bits per heavy atom. The van der Waals surface area contributed by atoms with E-state index in [0.29, 0.717) is 16.4 Å². The predicted molar refractivity (Wildman–Crippen MR) is 99.8 cm³/mol. The van der Waals surface area contributed by atoms with Gasteiger partial charge in [0.25, 0.3) is 11.8 Å². The third-order valence-corrected chi connectivity index (χ3v) is 5.80. The van der Waals surface area contributed by atoms with Crippen LogP contribution in [0.1, 0.15) is 20.2 Å². The highest BCUT2D eigenvalue weighted by Crippen LogP contribution is 2.36. The van der Waals surface area contributed by atoms with Crippen molar-refractivity contribution in [3.8, 4) is 0 Å². The second kappa shape index (κ2) is 6.78. The molecular formula is C18H14N2O3S2. The molecule has 1 aliphatic heterocycles. The van der Waals surface area contributed by atoms with E-state index in [2.05, 4.69) is 5.32 Å². The van der Waals surface area contributed by atoms with E-state index >= 15 is 0 Å². The van der Waals surface area contributed by atoms with Crippen molar-refractivity contribution in [3.63, 3.8) is 0 Å². The zero-order valence-electron chi connectivity index (χ0n) is 13.1. The predicted octanol–water partition coefficient (Wildman–Crippen LogP) is 4.35. The van der Waals surface area contributed by atoms with E-state index in [1.165, 1.54) is 17.6 Å². The van der Waals surface area contributed by atoms with Gasteiger partial charge in [-0.05, 0) is 36.4 Å². The summed E-state index contributed by atoms with van der Waals surface area (Å²) in [5, 5.41) is 3.37. The summed E-state index contributed by atoms with van der Waals surface area (Å²) in [5.74, 6) is 0.737. The Hall–Kier alpha value is -2.51. The van der Waals surface area contributed by atoms with Crippen molar-refractivity contribution < 1.29 is 14.0 Å². The van der Waals surface area contributed by atoms with Crippen molar-refractivity contribution in [2.75, 3.05) is 22.5 Å². The number of hydrogen-bond acceptors (Lipinski definition) is 5. The molecule has 3 aromatic rings. The van der Waals surface area contributed by atoms with Crippen LogP contribution in [0.3, 0.4) is 0 Å². The van der Waals surface area contributed by atoms with Gasteiger partial charge in [-0.15, -0.1) is 23.1 Å². The number of amides is 2. The zero-order chi connectivity index (χ0) is 17.2. The van der Waals surface area contributed by atoms with Crippen molar-refractivity contribution >= 4 is 45.6 Å². The highest BCUT2D eigenvalue weighted by atomic mass is 32.2. The number of thioether (sulfide) groups is 1. The van der Waals surface area contributed by atoms with Crippen molar-refractivity contribution in [1.82, 2.24) is 0 Å². The number of carbonyl (C=O) groups is 2. The van der Waals surface area contributed by atoms with Gasteiger partial charge < -0.3 is 14.6 Å². The third-order valence-electron chi connectivity index (χ3n) is 3.77. The molecule has 1 aromatic carbocycles. The van der Waals surface area contributed by atoms with Crippen molar-refractivity contribution in [1.29, 1.82) is 0 Å². The van der Waals surface area contributed by atoms with Gasteiger partial charge in [0.2, 0.25) is 0 Å². The van der Waals surface area contributed by atoms with E-state index in [1.807, 2.05) is 24.3 Å². The first-order chi connectivity index (χ1) is 12.2. The Kier molecular flexibility index (Phi) is 4.33. The summed E-state index contributed by atoms with van der Waals surface area (Å²) in [6.07, 6.45) is 1.45. The molecule has 0 fully saturated rings. The molecule has 1 N–H and O–H groups in total. The maximum absolute atomic E-state index is 12.9. The van der Waals surface area contributed by atoms with Crippen LogP contribution >= 0.6 is 23.1 Å². The first kappa shape index (κ1) is 16.0. The fourth-order valence-corrected chi connectivity index (χ4v) is 4.46. The minimum atomic E-state index is -0.328. The number of nitrogens with zero attached hydrogens (tertiary/aromatic N) is 1. The molecule has 5 nitrogen and oxygen atoms in total. The van der Waals surface area contributed by atoms with Crippen molar-refractivity contribution in [2.24, 2.45) is 0 Å². The maximum atomic E-state index is 12.9. The molecule has 0 aliphatic carbocycles. The van der Waals surface area contributed by atoms with Gasteiger partial charge in [-0.25, -0.2) is 0 Å². The molecule has 0 bridgehead atoms. The minimum Gasteiger partial charge on any atom is -0.459 e. The van der Waals surface area contributed by atoms with Crippen LogP contribution in [0.4, 0.5) is 10.7 Å². The molecule has 2 aromatic heterocycles. The fraction of sp³-hybridized carbons (Fsp3) is 0.111. The van der Waals surface area contributed by atoms with Crippen LogP contribution in [0.5, 0.6) is 0 Å². The number of rotatable bonds is 3. The number of furan rings is 1. The molecule has 4 rings (SSSR count). The Bertz CT molecular complexity index is 918. The Balaban J connectivity index is 1.53. The van der Waals surface area contributed by atoms with Crippen LogP contribution in [0.25, 0.3) is 0 Å². The molecule has 25 heavy (non-hydrogen) atoms. The monoisotopic (exact) mass is 370 g/mol. The number of carbonyl (C=O) groups excluding carboxylic acids is 2. The molecular weight excluding hydrogens is 356 g/mol. The van der Waals surface area contributed by atoms with Crippen molar-refractivity contribution in [3.05, 3.63) is 65.4 Å². The first-order valence-electron chi connectivity index (χ1n) is 7.71. The standard InChI is InChI=1S/C18H14N2O3S2/c21-17(13-5-3-10-23-13)19-16-8-7-15(25-16)18(22)20-9-11-24-14-6-2-1-4-12(14)20/h1-8,10H,9,11H2,(H,19,21). The number of thiophene rings is 1. The van der Waals surface area contributed by atoms with Crippen LogP contribution < -0.4 is 10.2 Å². The topological polar surface area (TPSA) is 62.6 Å². The molecule has 2 amide bonds. The molecule has 1 aliphatic rings. The summed E-state index contributed by atoms with van der Waals surface area (Å²) in [7, 11) is 0. The summed E-state index contributed by atoms with van der Waals surface area (Å²) in [4.78, 5) is 28.4. The van der Waals surface area contributed by atoms with E-state index in [4.69, 9.17) is 4.42 Å². The lowest BCUT2D eigenvalue weighted by atomic mass is 10.2. The maximum Gasteiger partial charge on any atom is 0.291 e. The SMILES string of the molecule is O=C(Nc1ccc(C(=O)N2CCSc3ccccc32)s1)c1ccco1. The lowest BCUT2D eigenvalue weighted by Gasteiger charge is -2.28. The summed E-state index contributed by atoms with van der Waals surface area (Å²) in [6.45, 7) is 0.673. The second-order valence-electron chi connectivity index (χ2n) is 5.37. The summed E-state index contributed by atoms with van der Waals surface area (Å²) in [5.41, 5.74) is 0.943. The van der Waals surface area contributed by atoms with Gasteiger partial charge in [0.1, 0.15) is 0 Å². The van der Waals surface area contributed by atoms with Gasteiger partial charge in [-0.1, -0.05) is 12.1 Å². The normalized spacial score (nSPS) is 13.4. The van der Waals surface area contributed by atoms with Gasteiger partial charge in [0.05, 0.1) is 21.8 Å². The number of fused-ring (bicyclic) bond motifs is 1. The van der Waals surface area contributed by atoms with Gasteiger partial charge in [0, 0.05) is 17.2 Å². The Labute approximate surface area is 152 Å². The fourth-order valence-electron chi connectivity index (χ4n) is 2.61. The van der Waals surface area contributed by atoms with Crippen LogP contribution in [0.15, 0.2) is 64.1 Å². The largest absolute Gasteiger partial charge is 0.459 e. The highest BCUT2D eigenvalue weighted by Gasteiger charge is 2.25. The van der Waals surface area contributed by atoms with E-state index in [9.17, 15) is 9.59 Å². The summed E-state index contributed by atoms with van der Waals surface area (Å²) in [6, 6.07) is 14.6. The van der Waals surface area contributed by atoms with Crippen LogP contribution in [0, 0.1) is 0 Å². The second-order valence-corrected chi connectivity index (χ2v) is 7.59. The quantitative estimate of drug-likeness (QED) is 0.745. The zero-order valence-corrected chi connectivity index (χ0v) is 14.7. The van der Waals surface area contributed by atoms with E-state index in [-0.39, 0.29) is 17.6 Å². The van der Waals surface area contributed by atoms with Gasteiger partial charge in [-0.3, -0.25) is 9.59 Å². The minimum absolute atomic E-state index is 0.0451. The van der Waals surface area contributed by atoms with E-state index in [1.54, 1.807) is 40.9 Å². The smallest absolute Gasteiger partial charge is 0.291 e. The van der Waals surface area contributed by atoms with E-state index in [0.717, 1.165) is 16.3 Å². The Morgan fingerprint density at radius 3 is 2.80 bits per heavy atom.